The Morgan fingerprint density at radius 3 is 2.57 bits per heavy atom. The van der Waals surface area contributed by atoms with Gasteiger partial charge in [0, 0.05) is 18.5 Å². The molecule has 1 aromatic heterocycles. The molecule has 0 aliphatic carbocycles. The third-order valence-corrected chi connectivity index (χ3v) is 5.64. The highest BCUT2D eigenvalue weighted by Gasteiger charge is 2.11. The van der Waals surface area contributed by atoms with E-state index in [0.29, 0.717) is 19.0 Å². The fraction of sp³-hybridized carbons (Fsp3) is 0.267. The SMILES string of the molecule is CN=C(NCc1cccc(C)c1)NCc1ccc(S(N)(=O)=O)s1. The largest absolute Gasteiger partial charge is 0.352 e. The van der Waals surface area contributed by atoms with Crippen LogP contribution in [0.25, 0.3) is 0 Å². The number of benzene rings is 1. The van der Waals surface area contributed by atoms with E-state index in [1.54, 1.807) is 13.1 Å². The summed E-state index contributed by atoms with van der Waals surface area (Å²) in [5.74, 6) is 0.650. The van der Waals surface area contributed by atoms with Gasteiger partial charge >= 0.3 is 0 Å². The Morgan fingerprint density at radius 2 is 1.96 bits per heavy atom. The first kappa shape index (κ1) is 17.5. The molecule has 0 amide bonds. The average Bonchev–Trinajstić information content (AvgIpc) is 2.96. The fourth-order valence-corrected chi connectivity index (χ4v) is 3.72. The normalized spacial score (nSPS) is 12.2. The maximum atomic E-state index is 11.3. The zero-order valence-corrected chi connectivity index (χ0v) is 14.7. The van der Waals surface area contributed by atoms with Gasteiger partial charge in [-0.05, 0) is 24.6 Å². The van der Waals surface area contributed by atoms with E-state index in [4.69, 9.17) is 5.14 Å². The van der Waals surface area contributed by atoms with Gasteiger partial charge in [-0.2, -0.15) is 0 Å². The molecule has 0 aliphatic heterocycles. The van der Waals surface area contributed by atoms with Crippen LogP contribution in [0.5, 0.6) is 0 Å². The lowest BCUT2D eigenvalue weighted by Gasteiger charge is -2.11. The number of hydrogen-bond donors (Lipinski definition) is 3. The van der Waals surface area contributed by atoms with E-state index in [1.165, 1.54) is 17.2 Å². The number of nitrogens with one attached hydrogen (secondary N) is 2. The lowest BCUT2D eigenvalue weighted by molar-refractivity contribution is 0.600. The molecule has 0 saturated carbocycles. The molecule has 0 fully saturated rings. The number of guanidine groups is 1. The van der Waals surface area contributed by atoms with Crippen LogP contribution in [0.4, 0.5) is 0 Å². The van der Waals surface area contributed by atoms with Gasteiger partial charge in [0.25, 0.3) is 0 Å². The van der Waals surface area contributed by atoms with Crippen molar-refractivity contribution in [3.8, 4) is 0 Å². The standard InChI is InChI=1S/C15H20N4O2S2/c1-11-4-3-5-12(8-11)9-18-15(17-2)19-10-13-6-7-14(22-13)23(16,20)21/h3-8H,9-10H2,1-2H3,(H2,16,20,21)(H2,17,18,19). The maximum Gasteiger partial charge on any atom is 0.247 e. The maximum absolute atomic E-state index is 11.3. The van der Waals surface area contributed by atoms with Crippen LogP contribution < -0.4 is 15.8 Å². The van der Waals surface area contributed by atoms with Gasteiger partial charge in [0.2, 0.25) is 10.0 Å². The molecule has 124 valence electrons. The molecule has 4 N–H and O–H groups in total. The van der Waals surface area contributed by atoms with E-state index in [2.05, 4.69) is 34.7 Å². The zero-order valence-electron chi connectivity index (χ0n) is 13.0. The van der Waals surface area contributed by atoms with E-state index in [9.17, 15) is 8.42 Å². The van der Waals surface area contributed by atoms with Crippen LogP contribution >= 0.6 is 11.3 Å². The second kappa shape index (κ2) is 7.58. The van der Waals surface area contributed by atoms with Gasteiger partial charge in [-0.25, -0.2) is 13.6 Å². The minimum absolute atomic E-state index is 0.164. The first-order chi connectivity index (χ1) is 10.9. The Hall–Kier alpha value is -1.90. The monoisotopic (exact) mass is 352 g/mol. The van der Waals surface area contributed by atoms with Crippen LogP contribution in [0.15, 0.2) is 45.6 Å². The van der Waals surface area contributed by atoms with Crippen molar-refractivity contribution in [2.24, 2.45) is 10.1 Å². The van der Waals surface area contributed by atoms with Crippen LogP contribution in [0.1, 0.15) is 16.0 Å². The minimum atomic E-state index is -3.63. The van der Waals surface area contributed by atoms with Crippen molar-refractivity contribution in [2.75, 3.05) is 7.05 Å². The lowest BCUT2D eigenvalue weighted by atomic mass is 10.1. The summed E-state index contributed by atoms with van der Waals surface area (Å²) >= 11 is 1.15. The molecule has 0 bridgehead atoms. The Morgan fingerprint density at radius 1 is 1.22 bits per heavy atom. The quantitative estimate of drug-likeness (QED) is 0.562. The highest BCUT2D eigenvalue weighted by Crippen LogP contribution is 2.19. The summed E-state index contributed by atoms with van der Waals surface area (Å²) in [5, 5.41) is 11.5. The molecule has 8 heteroatoms. The molecule has 2 aromatic rings. The van der Waals surface area contributed by atoms with Gasteiger partial charge < -0.3 is 10.6 Å². The summed E-state index contributed by atoms with van der Waals surface area (Å²) in [6, 6.07) is 11.5. The summed E-state index contributed by atoms with van der Waals surface area (Å²) < 4.78 is 22.7. The summed E-state index contributed by atoms with van der Waals surface area (Å²) in [7, 11) is -1.94. The summed E-state index contributed by atoms with van der Waals surface area (Å²) in [6.07, 6.45) is 0. The smallest absolute Gasteiger partial charge is 0.247 e. The highest BCUT2D eigenvalue weighted by atomic mass is 32.2. The molecular formula is C15H20N4O2S2. The molecule has 0 aliphatic rings. The molecule has 0 saturated heterocycles. The highest BCUT2D eigenvalue weighted by molar-refractivity contribution is 7.91. The summed E-state index contributed by atoms with van der Waals surface area (Å²) in [4.78, 5) is 5.02. The topological polar surface area (TPSA) is 96.6 Å². The Balaban J connectivity index is 1.89. The number of thiophene rings is 1. The van der Waals surface area contributed by atoms with Crippen LogP contribution in [-0.2, 0) is 23.1 Å². The molecule has 0 spiro atoms. The van der Waals surface area contributed by atoms with Crippen molar-refractivity contribution in [3.05, 3.63) is 52.4 Å². The van der Waals surface area contributed by atoms with Crippen molar-refractivity contribution < 1.29 is 8.42 Å². The number of aryl methyl sites for hydroxylation is 1. The van der Waals surface area contributed by atoms with Gasteiger partial charge in [0.15, 0.2) is 5.96 Å². The van der Waals surface area contributed by atoms with Crippen LogP contribution in [0, 0.1) is 6.92 Å². The number of hydrogen-bond acceptors (Lipinski definition) is 4. The van der Waals surface area contributed by atoms with Crippen molar-refractivity contribution >= 4 is 27.3 Å². The molecule has 0 unspecified atom stereocenters. The lowest BCUT2D eigenvalue weighted by Crippen LogP contribution is -2.36. The molecule has 2 rings (SSSR count). The average molecular weight is 352 g/mol. The van der Waals surface area contributed by atoms with Gasteiger partial charge in [0.05, 0.1) is 6.54 Å². The Kier molecular flexibility index (Phi) is 5.75. The van der Waals surface area contributed by atoms with Gasteiger partial charge in [-0.15, -0.1) is 11.3 Å². The van der Waals surface area contributed by atoms with E-state index >= 15 is 0 Å². The number of nitrogens with two attached hydrogens (primary N) is 1. The zero-order chi connectivity index (χ0) is 16.9. The van der Waals surface area contributed by atoms with Gasteiger partial charge in [-0.1, -0.05) is 29.8 Å². The van der Waals surface area contributed by atoms with E-state index in [1.807, 2.05) is 12.1 Å². The summed E-state index contributed by atoms with van der Waals surface area (Å²) in [6.45, 7) is 3.19. The first-order valence-electron chi connectivity index (χ1n) is 7.00. The second-order valence-electron chi connectivity index (χ2n) is 5.03. The third kappa shape index (κ3) is 5.34. The molecule has 1 aromatic carbocycles. The van der Waals surface area contributed by atoms with E-state index < -0.39 is 10.0 Å². The third-order valence-electron chi connectivity index (χ3n) is 3.11. The predicted octanol–water partition coefficient (Wildman–Crippen LogP) is 1.57. The number of primary sulfonamides is 1. The summed E-state index contributed by atoms with van der Waals surface area (Å²) in [5.41, 5.74) is 2.38. The fourth-order valence-electron chi connectivity index (χ4n) is 2.01. The van der Waals surface area contributed by atoms with Gasteiger partial charge in [0.1, 0.15) is 4.21 Å². The minimum Gasteiger partial charge on any atom is -0.352 e. The van der Waals surface area contributed by atoms with Crippen LogP contribution in [-0.4, -0.2) is 21.4 Å². The molecule has 23 heavy (non-hydrogen) atoms. The molecular weight excluding hydrogens is 332 g/mol. The predicted molar refractivity (Wildman–Crippen MR) is 93.9 cm³/mol. The van der Waals surface area contributed by atoms with E-state index in [-0.39, 0.29) is 4.21 Å². The van der Waals surface area contributed by atoms with Crippen molar-refractivity contribution in [1.29, 1.82) is 0 Å². The molecule has 0 radical (unpaired) electrons. The van der Waals surface area contributed by atoms with Gasteiger partial charge in [-0.3, -0.25) is 4.99 Å². The second-order valence-corrected chi connectivity index (χ2v) is 7.99. The van der Waals surface area contributed by atoms with Crippen LogP contribution in [0.2, 0.25) is 0 Å². The first-order valence-corrected chi connectivity index (χ1v) is 9.36. The van der Waals surface area contributed by atoms with Crippen molar-refractivity contribution in [3.63, 3.8) is 0 Å². The van der Waals surface area contributed by atoms with E-state index in [0.717, 1.165) is 16.2 Å². The number of aliphatic imine (C=N–C) groups is 1. The molecule has 1 heterocycles. The number of sulfonamides is 1. The molecule has 0 atom stereocenters. The van der Waals surface area contributed by atoms with Crippen molar-refractivity contribution in [1.82, 2.24) is 10.6 Å². The molecule has 6 nitrogen and oxygen atoms in total. The Bertz CT molecular complexity index is 797. The van der Waals surface area contributed by atoms with Crippen LogP contribution in [0.3, 0.4) is 0 Å². The number of nitrogens with zero attached hydrogens (tertiary/aromatic N) is 1. The van der Waals surface area contributed by atoms with Crippen molar-refractivity contribution in [2.45, 2.75) is 24.2 Å². The number of rotatable bonds is 5. The Labute approximate surface area is 140 Å².